The van der Waals surface area contributed by atoms with Gasteiger partial charge in [0, 0.05) is 0 Å². The van der Waals surface area contributed by atoms with Gasteiger partial charge in [0.1, 0.15) is 6.10 Å². The van der Waals surface area contributed by atoms with Crippen molar-refractivity contribution in [2.75, 3.05) is 7.11 Å². The molecule has 3 heteroatoms. The van der Waals surface area contributed by atoms with Gasteiger partial charge in [-0.05, 0) is 25.5 Å². The van der Waals surface area contributed by atoms with Crippen LogP contribution in [0.1, 0.15) is 13.8 Å². The predicted octanol–water partition coefficient (Wildman–Crippen LogP) is 1.74. The molecule has 0 aromatic carbocycles. The van der Waals surface area contributed by atoms with Gasteiger partial charge < -0.3 is 9.47 Å². The van der Waals surface area contributed by atoms with E-state index in [-0.39, 0.29) is 6.10 Å². The van der Waals surface area contributed by atoms with Crippen LogP contribution in [0, 0.1) is 12.3 Å². The monoisotopic (exact) mass is 168 g/mol. The van der Waals surface area contributed by atoms with Crippen molar-refractivity contribution in [3.8, 4) is 12.3 Å². The van der Waals surface area contributed by atoms with Crippen LogP contribution in [0.2, 0.25) is 0 Å². The molecule has 0 unspecified atom stereocenters. The van der Waals surface area contributed by atoms with E-state index in [0.717, 1.165) is 5.57 Å². The highest BCUT2D eigenvalue weighted by molar-refractivity contribution is 5.60. The van der Waals surface area contributed by atoms with Gasteiger partial charge in [0.25, 0.3) is 0 Å². The van der Waals surface area contributed by atoms with Crippen LogP contribution < -0.4 is 0 Å². The third kappa shape index (κ3) is 4.40. The molecule has 0 aliphatic carbocycles. The van der Waals surface area contributed by atoms with Gasteiger partial charge in [-0.15, -0.1) is 6.42 Å². The van der Waals surface area contributed by atoms with Gasteiger partial charge in [0.2, 0.25) is 0 Å². The number of hydrogen-bond acceptors (Lipinski definition) is 3. The number of hydrogen-bond donors (Lipinski definition) is 0. The molecule has 12 heavy (non-hydrogen) atoms. The molecule has 0 saturated heterocycles. The Kier molecular flexibility index (Phi) is 4.62. The van der Waals surface area contributed by atoms with E-state index in [1.807, 2.05) is 0 Å². The molecular weight excluding hydrogens is 156 g/mol. The first-order valence-corrected chi connectivity index (χ1v) is 3.49. The standard InChI is InChI=1S/C9H12O3/c1-5-7(2)6-8(3)12-9(10)11-4/h1,6,8H,2-4H3/b7-6+/t8-/m1/s1. The first kappa shape index (κ1) is 10.6. The first-order chi connectivity index (χ1) is 5.60. The lowest BCUT2D eigenvalue weighted by Crippen LogP contribution is -2.12. The Hall–Kier alpha value is -1.43. The second-order valence-electron chi connectivity index (χ2n) is 2.27. The molecule has 0 bridgehead atoms. The quantitative estimate of drug-likeness (QED) is 0.465. The molecule has 0 spiro atoms. The van der Waals surface area contributed by atoms with Crippen molar-refractivity contribution in [2.24, 2.45) is 0 Å². The zero-order valence-electron chi connectivity index (χ0n) is 7.46. The largest absolute Gasteiger partial charge is 0.508 e. The van der Waals surface area contributed by atoms with E-state index >= 15 is 0 Å². The van der Waals surface area contributed by atoms with E-state index in [1.54, 1.807) is 19.9 Å². The summed E-state index contributed by atoms with van der Waals surface area (Å²) < 4.78 is 9.03. The fourth-order valence-electron chi connectivity index (χ4n) is 0.634. The van der Waals surface area contributed by atoms with Crippen molar-refractivity contribution in [1.29, 1.82) is 0 Å². The van der Waals surface area contributed by atoms with Crippen LogP contribution in [0.5, 0.6) is 0 Å². The van der Waals surface area contributed by atoms with Crippen molar-refractivity contribution in [3.05, 3.63) is 11.6 Å². The average molecular weight is 168 g/mol. The summed E-state index contributed by atoms with van der Waals surface area (Å²) in [6, 6.07) is 0. The lowest BCUT2D eigenvalue weighted by Gasteiger charge is -2.07. The second-order valence-corrected chi connectivity index (χ2v) is 2.27. The highest BCUT2D eigenvalue weighted by Crippen LogP contribution is 1.99. The Labute approximate surface area is 72.4 Å². The Bertz CT molecular complexity index is 222. The van der Waals surface area contributed by atoms with Crippen LogP contribution in [0.15, 0.2) is 11.6 Å². The van der Waals surface area contributed by atoms with Gasteiger partial charge in [-0.1, -0.05) is 5.92 Å². The lowest BCUT2D eigenvalue weighted by molar-refractivity contribution is 0.0577. The highest BCUT2D eigenvalue weighted by atomic mass is 16.7. The fourth-order valence-corrected chi connectivity index (χ4v) is 0.634. The molecule has 3 nitrogen and oxygen atoms in total. The van der Waals surface area contributed by atoms with Crippen LogP contribution in [0.4, 0.5) is 4.79 Å². The van der Waals surface area contributed by atoms with E-state index in [9.17, 15) is 4.79 Å². The van der Waals surface area contributed by atoms with E-state index < -0.39 is 6.16 Å². The summed E-state index contributed by atoms with van der Waals surface area (Å²) in [5, 5.41) is 0. The van der Waals surface area contributed by atoms with E-state index in [1.165, 1.54) is 7.11 Å². The minimum Gasteiger partial charge on any atom is -0.438 e. The van der Waals surface area contributed by atoms with Gasteiger partial charge in [0.05, 0.1) is 7.11 Å². The first-order valence-electron chi connectivity index (χ1n) is 3.49. The molecule has 0 heterocycles. The number of rotatable bonds is 2. The van der Waals surface area contributed by atoms with Crippen LogP contribution in [0.25, 0.3) is 0 Å². The minimum absolute atomic E-state index is 0.353. The average Bonchev–Trinajstić information content (AvgIpc) is 2.03. The molecule has 0 aromatic heterocycles. The van der Waals surface area contributed by atoms with E-state index in [2.05, 4.69) is 10.7 Å². The minimum atomic E-state index is -0.705. The van der Waals surface area contributed by atoms with Gasteiger partial charge in [-0.2, -0.15) is 0 Å². The summed E-state index contributed by atoms with van der Waals surface area (Å²) in [6.07, 6.45) is 5.70. The van der Waals surface area contributed by atoms with Crippen molar-refractivity contribution in [3.63, 3.8) is 0 Å². The fraction of sp³-hybridized carbons (Fsp3) is 0.444. The molecule has 66 valence electrons. The number of ether oxygens (including phenoxy) is 2. The molecule has 0 amide bonds. The molecule has 0 rings (SSSR count). The van der Waals surface area contributed by atoms with Crippen molar-refractivity contribution < 1.29 is 14.3 Å². The lowest BCUT2D eigenvalue weighted by atomic mass is 10.2. The van der Waals surface area contributed by atoms with Crippen molar-refractivity contribution in [1.82, 2.24) is 0 Å². The van der Waals surface area contributed by atoms with Gasteiger partial charge in [-0.25, -0.2) is 4.79 Å². The summed E-state index contributed by atoms with van der Waals surface area (Å²) in [5.41, 5.74) is 0.728. The number of carbonyl (C=O) groups is 1. The Morgan fingerprint density at radius 1 is 1.67 bits per heavy atom. The van der Waals surface area contributed by atoms with Gasteiger partial charge in [0.15, 0.2) is 0 Å². The molecule has 0 aliphatic heterocycles. The molecule has 0 saturated carbocycles. The Balaban J connectivity index is 3.99. The normalized spacial score (nSPS) is 13.0. The summed E-state index contributed by atoms with van der Waals surface area (Å²) in [6.45, 7) is 3.47. The number of terminal acetylenes is 1. The summed E-state index contributed by atoms with van der Waals surface area (Å²) in [7, 11) is 1.26. The molecule has 0 N–H and O–H groups in total. The topological polar surface area (TPSA) is 35.5 Å². The maximum atomic E-state index is 10.6. The zero-order chi connectivity index (χ0) is 9.56. The molecule has 0 aliphatic rings. The Morgan fingerprint density at radius 3 is 2.67 bits per heavy atom. The van der Waals surface area contributed by atoms with Crippen LogP contribution >= 0.6 is 0 Å². The van der Waals surface area contributed by atoms with Crippen LogP contribution in [-0.4, -0.2) is 19.4 Å². The SMILES string of the molecule is C#C/C(C)=C/[C@@H](C)OC(=O)OC. The predicted molar refractivity (Wildman–Crippen MR) is 45.5 cm³/mol. The smallest absolute Gasteiger partial charge is 0.438 e. The maximum Gasteiger partial charge on any atom is 0.508 e. The molecule has 0 radical (unpaired) electrons. The molecule has 0 fully saturated rings. The Morgan fingerprint density at radius 2 is 2.25 bits per heavy atom. The van der Waals surface area contributed by atoms with Crippen LogP contribution in [-0.2, 0) is 9.47 Å². The van der Waals surface area contributed by atoms with Crippen molar-refractivity contribution in [2.45, 2.75) is 20.0 Å². The third-order valence-electron chi connectivity index (χ3n) is 1.16. The second kappa shape index (κ2) is 5.25. The number of methoxy groups -OCH3 is 1. The van der Waals surface area contributed by atoms with Gasteiger partial charge in [-0.3, -0.25) is 0 Å². The van der Waals surface area contributed by atoms with E-state index in [0.29, 0.717) is 0 Å². The van der Waals surface area contributed by atoms with Crippen LogP contribution in [0.3, 0.4) is 0 Å². The molecule has 1 atom stereocenters. The number of carbonyl (C=O) groups excluding carboxylic acids is 1. The molecular formula is C9H12O3. The van der Waals surface area contributed by atoms with Gasteiger partial charge >= 0.3 is 6.16 Å². The maximum absolute atomic E-state index is 10.6. The zero-order valence-corrected chi connectivity index (χ0v) is 7.46. The van der Waals surface area contributed by atoms with Crippen molar-refractivity contribution >= 4 is 6.16 Å². The van der Waals surface area contributed by atoms with E-state index in [4.69, 9.17) is 11.2 Å². The molecule has 0 aromatic rings. The summed E-state index contributed by atoms with van der Waals surface area (Å²) >= 11 is 0. The summed E-state index contributed by atoms with van der Waals surface area (Å²) in [5.74, 6) is 2.42. The summed E-state index contributed by atoms with van der Waals surface area (Å²) in [4.78, 5) is 10.6. The number of allylic oxidation sites excluding steroid dienone is 1. The highest BCUT2D eigenvalue weighted by Gasteiger charge is 2.05. The third-order valence-corrected chi connectivity index (χ3v) is 1.16.